The number of fused-ring (bicyclic) bond motifs is 5. The molecule has 29 unspecified atom stereocenters. The van der Waals surface area contributed by atoms with Gasteiger partial charge >= 0.3 is 0 Å². The van der Waals surface area contributed by atoms with Gasteiger partial charge in [-0.05, 0) is 124 Å². The second kappa shape index (κ2) is 22.7. The lowest BCUT2D eigenvalue weighted by molar-refractivity contribution is -0.379. The minimum absolute atomic E-state index is 0.0398. The predicted octanol–water partition coefficient (Wildman–Crippen LogP) is -1.56. The molecule has 14 N–H and O–H groups in total. The van der Waals surface area contributed by atoms with Crippen LogP contribution >= 0.6 is 0 Å². The summed E-state index contributed by atoms with van der Waals surface area (Å²) in [5.74, 6) is -0.468. The highest BCUT2D eigenvalue weighted by Crippen LogP contribution is 2.76. The van der Waals surface area contributed by atoms with Crippen LogP contribution in [0.5, 0.6) is 0 Å². The lowest BCUT2D eigenvalue weighted by Crippen LogP contribution is -2.68. The monoisotopic (exact) mass is 1080 g/mol. The number of hydrogen-bond acceptors (Lipinski definition) is 22. The zero-order valence-corrected chi connectivity index (χ0v) is 44.7. The Kier molecular flexibility index (Phi) is 18.1. The fourth-order valence-corrected chi connectivity index (χ4v) is 16.1. The minimum atomic E-state index is -1.81. The van der Waals surface area contributed by atoms with Gasteiger partial charge in [0.15, 0.2) is 25.2 Å². The van der Waals surface area contributed by atoms with Crippen molar-refractivity contribution < 1.29 is 109 Å². The van der Waals surface area contributed by atoms with Crippen molar-refractivity contribution in [1.82, 2.24) is 0 Å². The molecule has 8 fully saturated rings. The summed E-state index contributed by atoms with van der Waals surface area (Å²) in [4.78, 5) is 0. The van der Waals surface area contributed by atoms with Crippen molar-refractivity contribution in [2.45, 2.75) is 248 Å². The van der Waals surface area contributed by atoms with Crippen LogP contribution < -0.4 is 0 Å². The summed E-state index contributed by atoms with van der Waals surface area (Å²) < 4.78 is 49.5. The summed E-state index contributed by atoms with van der Waals surface area (Å²) >= 11 is 0. The largest absolute Gasteiger partial charge is 0.394 e. The van der Waals surface area contributed by atoms with Gasteiger partial charge in [0.25, 0.3) is 0 Å². The van der Waals surface area contributed by atoms with Crippen molar-refractivity contribution in [3.8, 4) is 0 Å². The molecule has 0 spiro atoms. The van der Waals surface area contributed by atoms with Crippen LogP contribution in [0, 0.1) is 45.3 Å². The van der Waals surface area contributed by atoms with Crippen LogP contribution in [-0.4, -0.2) is 232 Å². The number of aliphatic hydroxyl groups is 14. The summed E-state index contributed by atoms with van der Waals surface area (Å²) in [6.45, 7) is 14.8. The third-order valence-electron chi connectivity index (χ3n) is 20.5. The van der Waals surface area contributed by atoms with E-state index < -0.39 is 165 Å². The number of rotatable bonds is 15. The van der Waals surface area contributed by atoms with Gasteiger partial charge in [-0.2, -0.15) is 0 Å². The molecule has 4 heterocycles. The van der Waals surface area contributed by atoms with Crippen molar-refractivity contribution in [3.05, 3.63) is 11.6 Å². The maximum Gasteiger partial charge on any atom is 0.187 e. The highest BCUT2D eigenvalue weighted by molar-refractivity contribution is 5.20. The third-order valence-corrected chi connectivity index (χ3v) is 20.5. The van der Waals surface area contributed by atoms with Crippen LogP contribution in [0.15, 0.2) is 11.6 Å². The highest BCUT2D eigenvalue weighted by Gasteiger charge is 2.72. The Morgan fingerprint density at radius 1 is 0.560 bits per heavy atom. The van der Waals surface area contributed by atoms with E-state index in [-0.39, 0.29) is 41.1 Å². The van der Waals surface area contributed by atoms with Crippen LogP contribution in [0.4, 0.5) is 0 Å². The fourth-order valence-electron chi connectivity index (χ4n) is 16.1. The SMILES string of the molecule is CC(C)=CCCC(C)(OC1OC(CO)C(O)C(O)C1OC1OCC(O)C(O)C1O)C1CCC2(C)C1C(O)CC1C3(C)CCC(OC4OC(CO)C(O)C(O)C4OC4OC(CO)C(O)C(O)C4O)C(C)(C)C3CCC12C. The molecule has 4 aliphatic heterocycles. The van der Waals surface area contributed by atoms with Crippen LogP contribution in [0.3, 0.4) is 0 Å². The van der Waals surface area contributed by atoms with Crippen molar-refractivity contribution in [1.29, 1.82) is 0 Å². The van der Waals surface area contributed by atoms with Crippen molar-refractivity contribution in [2.24, 2.45) is 45.3 Å². The van der Waals surface area contributed by atoms with Gasteiger partial charge in [-0.25, -0.2) is 0 Å². The molecule has 8 rings (SSSR count). The Morgan fingerprint density at radius 3 is 1.69 bits per heavy atom. The fraction of sp³-hybridized carbons (Fsp3) is 0.962. The zero-order valence-electron chi connectivity index (χ0n) is 44.7. The van der Waals surface area contributed by atoms with Crippen molar-refractivity contribution in [2.75, 3.05) is 26.4 Å². The number of ether oxygens (including phenoxy) is 8. The quantitative estimate of drug-likeness (QED) is 0.0651. The first-order valence-corrected chi connectivity index (χ1v) is 27.3. The van der Waals surface area contributed by atoms with E-state index in [1.54, 1.807) is 0 Å². The van der Waals surface area contributed by atoms with E-state index in [0.717, 1.165) is 24.8 Å². The molecule has 22 heteroatoms. The first kappa shape index (κ1) is 60.0. The van der Waals surface area contributed by atoms with E-state index >= 15 is 0 Å². The van der Waals surface area contributed by atoms with Gasteiger partial charge in [-0.3, -0.25) is 0 Å². The molecule has 4 saturated carbocycles. The average molecular weight is 1080 g/mol. The summed E-state index contributed by atoms with van der Waals surface area (Å²) in [7, 11) is 0. The molecule has 0 aromatic heterocycles. The molecule has 0 amide bonds. The van der Waals surface area contributed by atoms with E-state index in [0.29, 0.717) is 38.5 Å². The summed E-state index contributed by atoms with van der Waals surface area (Å²) in [6, 6.07) is 0. The molecule has 4 saturated heterocycles. The molecular weight excluding hydrogens is 989 g/mol. The Bertz CT molecular complexity index is 1940. The predicted molar refractivity (Wildman–Crippen MR) is 260 cm³/mol. The second-order valence-electron chi connectivity index (χ2n) is 25.3. The van der Waals surface area contributed by atoms with E-state index in [2.05, 4.69) is 40.7 Å². The standard InChI is InChI=1S/C53H90O22/c1-23(2)10-9-14-53(8,75-48-44(40(65)37(62)29(21-56)71-48)73-45-41(66)34(59)26(58)22-68-45)24-11-16-52(7)33(24)25(57)18-31-50(5)15-13-32(49(3,4)30(50)12-17-51(31,52)6)72-47-43(39(64)36(61)28(20-55)70-47)74-46-42(67)38(63)35(60)27(19-54)69-46/h10,24-48,54-67H,9,11-22H2,1-8H3. The summed E-state index contributed by atoms with van der Waals surface area (Å²) in [6.07, 6.45) is -23.0. The molecule has 22 nitrogen and oxygen atoms in total. The molecule has 4 aliphatic carbocycles. The van der Waals surface area contributed by atoms with E-state index in [4.69, 9.17) is 37.9 Å². The van der Waals surface area contributed by atoms with Gasteiger partial charge in [-0.1, -0.05) is 46.3 Å². The maximum absolute atomic E-state index is 12.9. The number of allylic oxidation sites excluding steroid dienone is 2. The Morgan fingerprint density at radius 2 is 1.09 bits per heavy atom. The van der Waals surface area contributed by atoms with E-state index in [1.165, 1.54) is 0 Å². The van der Waals surface area contributed by atoms with Gasteiger partial charge in [-0.15, -0.1) is 0 Å². The molecule has 0 bridgehead atoms. The van der Waals surface area contributed by atoms with Crippen LogP contribution in [0.1, 0.15) is 113 Å². The Labute approximate surface area is 439 Å². The first-order chi connectivity index (χ1) is 35.1. The molecule has 29 atom stereocenters. The van der Waals surface area contributed by atoms with Gasteiger partial charge in [0.1, 0.15) is 91.6 Å². The number of hydrogen-bond donors (Lipinski definition) is 14. The van der Waals surface area contributed by atoms with E-state index in [1.807, 2.05) is 20.8 Å². The normalized spacial score (nSPS) is 52.7. The highest BCUT2D eigenvalue weighted by atomic mass is 16.8. The van der Waals surface area contributed by atoms with Crippen molar-refractivity contribution in [3.63, 3.8) is 0 Å². The minimum Gasteiger partial charge on any atom is -0.394 e. The van der Waals surface area contributed by atoms with Crippen LogP contribution in [-0.2, 0) is 37.9 Å². The van der Waals surface area contributed by atoms with Crippen LogP contribution in [0.25, 0.3) is 0 Å². The topological polar surface area (TPSA) is 357 Å². The third kappa shape index (κ3) is 10.5. The zero-order chi connectivity index (χ0) is 55.1. The number of aliphatic hydroxyl groups excluding tert-OH is 14. The van der Waals surface area contributed by atoms with Gasteiger partial charge in [0, 0.05) is 0 Å². The lowest BCUT2D eigenvalue weighted by atomic mass is 9.35. The van der Waals surface area contributed by atoms with E-state index in [9.17, 15) is 71.5 Å². The molecular formula is C53H90O22. The summed E-state index contributed by atoms with van der Waals surface area (Å²) in [5, 5.41) is 152. The molecule has 434 valence electrons. The molecule has 0 radical (unpaired) electrons. The van der Waals surface area contributed by atoms with Crippen LogP contribution in [0.2, 0.25) is 0 Å². The smallest absolute Gasteiger partial charge is 0.187 e. The molecule has 8 aliphatic rings. The Hall–Kier alpha value is -1.14. The van der Waals surface area contributed by atoms with Gasteiger partial charge in [0.2, 0.25) is 0 Å². The second-order valence-corrected chi connectivity index (χ2v) is 25.3. The van der Waals surface area contributed by atoms with Gasteiger partial charge < -0.3 is 109 Å². The maximum atomic E-state index is 12.9. The average Bonchev–Trinajstić information content (AvgIpc) is 3.75. The van der Waals surface area contributed by atoms with Crippen molar-refractivity contribution >= 4 is 0 Å². The molecule has 75 heavy (non-hydrogen) atoms. The van der Waals surface area contributed by atoms with Gasteiger partial charge in [0.05, 0.1) is 44.2 Å². The molecule has 0 aromatic carbocycles. The Balaban J connectivity index is 1.04. The summed E-state index contributed by atoms with van der Waals surface area (Å²) in [5.41, 5.74) is -1.58. The first-order valence-electron chi connectivity index (χ1n) is 27.3. The lowest BCUT2D eigenvalue weighted by Gasteiger charge is -2.71. The molecule has 0 aromatic rings.